The molecule has 3 amide bonds. The van der Waals surface area contributed by atoms with Crippen LogP contribution in [-0.4, -0.2) is 132 Å². The van der Waals surface area contributed by atoms with E-state index in [4.69, 9.17) is 66.8 Å². The number of carbonyl (C=O) groups is 6. The number of halogens is 1. The van der Waals surface area contributed by atoms with Gasteiger partial charge in [0.05, 0.1) is 65.0 Å². The van der Waals surface area contributed by atoms with Crippen molar-refractivity contribution in [1.29, 1.82) is 0 Å². The van der Waals surface area contributed by atoms with Crippen molar-refractivity contribution < 1.29 is 95.1 Å². The number of fused-ring (bicyclic) bond motifs is 5. The zero-order valence-corrected chi connectivity index (χ0v) is 83.9. The number of Topliss-reactive ketones (excluding diaryl/α,β-unsaturated/α-hetero) is 3. The molecule has 25 rings (SSSR count). The Bertz CT molecular complexity index is 7730. The summed E-state index contributed by atoms with van der Waals surface area (Å²) in [7, 11) is 6.64. The number of amides is 3. The smallest absolute Gasteiger partial charge is 0.253 e. The number of aromatic nitrogens is 5. The molecule has 0 atom stereocenters. The molecule has 0 radical (unpaired) electrons. The molecular formula is C122H109FN8O19. The van der Waals surface area contributed by atoms with Crippen LogP contribution in [0.1, 0.15) is 142 Å². The van der Waals surface area contributed by atoms with Gasteiger partial charge in [-0.25, -0.2) is 14.4 Å². The van der Waals surface area contributed by atoms with Crippen LogP contribution in [0.3, 0.4) is 0 Å². The molecule has 10 aromatic carbocycles. The van der Waals surface area contributed by atoms with Gasteiger partial charge in [0.1, 0.15) is 46.3 Å². The Balaban J connectivity index is 0.000000110. The summed E-state index contributed by atoms with van der Waals surface area (Å²) in [6, 6.07) is 84.9. The van der Waals surface area contributed by atoms with E-state index in [2.05, 4.69) is 58.5 Å². The molecule has 0 saturated heterocycles. The van der Waals surface area contributed by atoms with Crippen molar-refractivity contribution in [3.05, 3.63) is 364 Å². The van der Waals surface area contributed by atoms with E-state index in [9.17, 15) is 38.3 Å². The lowest BCUT2D eigenvalue weighted by Crippen LogP contribution is -2.28. The van der Waals surface area contributed by atoms with Gasteiger partial charge in [-0.15, -0.1) is 0 Å². The number of para-hydroxylation sites is 1. The van der Waals surface area contributed by atoms with Gasteiger partial charge in [-0.05, 0) is 287 Å². The summed E-state index contributed by atoms with van der Waals surface area (Å²) in [5.41, 5.74) is 18.5. The van der Waals surface area contributed by atoms with E-state index in [1.165, 1.54) is 35.9 Å². The predicted octanol–water partition coefficient (Wildman–Crippen LogP) is 21.5. The van der Waals surface area contributed by atoms with Crippen molar-refractivity contribution >= 4 is 46.7 Å². The second kappa shape index (κ2) is 41.6. The molecule has 5 aliphatic heterocycles. The minimum absolute atomic E-state index is 0.00972. The number of aliphatic hydroxyl groups is 1. The molecule has 15 aromatic rings. The van der Waals surface area contributed by atoms with E-state index in [0.717, 1.165) is 194 Å². The first-order chi connectivity index (χ1) is 72.9. The Labute approximate surface area is 866 Å². The first kappa shape index (κ1) is 98.9. The lowest BCUT2D eigenvalue weighted by Gasteiger charge is -2.17. The van der Waals surface area contributed by atoms with Crippen molar-refractivity contribution in [3.8, 4) is 125 Å². The number of carbonyl (C=O) groups excluding carboxylic acids is 6. The number of rotatable bonds is 27. The Morgan fingerprint density at radius 2 is 0.747 bits per heavy atom. The average Bonchev–Trinajstić information content (AvgIpc) is 1.61. The molecule has 27 nitrogen and oxygen atoms in total. The molecule has 5 aliphatic carbocycles. The Morgan fingerprint density at radius 3 is 1.18 bits per heavy atom. The fraction of sp³-hybridized carbons (Fsp3) is 0.254. The second-order valence-electron chi connectivity index (χ2n) is 39.3. The van der Waals surface area contributed by atoms with Crippen LogP contribution in [0.15, 0.2) is 285 Å². The Morgan fingerprint density at radius 1 is 0.353 bits per heavy atom. The average molecular weight is 2010 g/mol. The standard InChI is InChI=1S/C26H24N2O4.C25H24N2O3.2C24H21NO4.C23H19FN2O4/c1-28(2)25(30)18-8-6-17(7-9-18)21-5-3-4-20(27-21)15-24(29)26(12-13-26)19-10-11-22-23(14-19)32-16-31-22;1-15-11-16(2)23(17(3)12-15)19-5-4-6-22(26-19)27-24(28)25(9-10-25)18-7-8-20-21(13-18)30-14-29-20;1-27-20-5-3-2-4-19(20)16-6-8-18(25-14-16)13-23(26)24(10-11-24)17-7-9-21-22(12-17)29-15-28-21;26-14-16-2-1-3-17(10-16)18-4-6-20(25-13-18)12-23(27)24(8-9-24)19-5-7-21-22(11-19)29-15-28-21;1-28-18-8-6-15(24)12-16(18)17-3-2-4-21(25-17)26-22(27)23(9-10-23)14-5-7-19-20(11-14)30-13-29-19/h3-11,14H,12-13,15-16H2,1-2H3;4-8,11-13H,9-10,14H2,1-3H3,(H,26,27,28);2-9,12,14H,10-11,13,15H2,1H3;1-7,10-11,13,26H,8-9,12,14-15H2;2-8,11-12H,9-10,13H2,1H3,(H,25,26,27). The lowest BCUT2D eigenvalue weighted by molar-refractivity contribution is -0.121. The first-order valence-corrected chi connectivity index (χ1v) is 50.0. The number of hydrogen-bond acceptors (Lipinski definition) is 24. The van der Waals surface area contributed by atoms with Crippen LogP contribution < -0.4 is 67.5 Å². The van der Waals surface area contributed by atoms with Crippen LogP contribution in [0.4, 0.5) is 16.0 Å². The van der Waals surface area contributed by atoms with Gasteiger partial charge in [-0.1, -0.05) is 127 Å². The van der Waals surface area contributed by atoms with Crippen LogP contribution in [0.2, 0.25) is 0 Å². The van der Waals surface area contributed by atoms with Crippen LogP contribution in [0.25, 0.3) is 56.0 Å². The molecule has 0 bridgehead atoms. The number of aryl methyl sites for hydroxylation is 3. The van der Waals surface area contributed by atoms with Crippen molar-refractivity contribution in [2.75, 3.05) is 72.9 Å². The molecule has 0 unspecified atom stereocenters. The summed E-state index contributed by atoms with van der Waals surface area (Å²) in [6.45, 7) is 7.42. The summed E-state index contributed by atoms with van der Waals surface area (Å²) in [5.74, 6) is 9.40. The summed E-state index contributed by atoms with van der Waals surface area (Å²) in [6.07, 6.45) is 12.8. The molecule has 5 aromatic heterocycles. The minimum atomic E-state index is -0.602. The molecule has 5 saturated carbocycles. The number of aliphatic hydroxyl groups excluding tert-OH is 1. The molecule has 758 valence electrons. The highest BCUT2D eigenvalue weighted by Crippen LogP contribution is 2.57. The predicted molar refractivity (Wildman–Crippen MR) is 560 cm³/mol. The third kappa shape index (κ3) is 20.7. The van der Waals surface area contributed by atoms with Crippen LogP contribution in [-0.2, 0) is 76.9 Å². The molecule has 150 heavy (non-hydrogen) atoms. The monoisotopic (exact) mass is 2010 g/mol. The number of benzene rings is 10. The zero-order valence-electron chi connectivity index (χ0n) is 83.9. The van der Waals surface area contributed by atoms with Crippen molar-refractivity contribution in [2.45, 2.75) is 138 Å². The highest BCUT2D eigenvalue weighted by molar-refractivity contribution is 6.03. The molecule has 5 fully saturated rings. The minimum Gasteiger partial charge on any atom is -0.496 e. The summed E-state index contributed by atoms with van der Waals surface area (Å²) >= 11 is 0. The largest absolute Gasteiger partial charge is 0.496 e. The summed E-state index contributed by atoms with van der Waals surface area (Å²) in [4.78, 5) is 102. The topological polar surface area (TPSA) is 325 Å². The van der Waals surface area contributed by atoms with Crippen molar-refractivity contribution in [3.63, 3.8) is 0 Å². The number of pyridine rings is 5. The first-order valence-electron chi connectivity index (χ1n) is 50.0. The maximum absolute atomic E-state index is 13.8. The Kier molecular flexibility index (Phi) is 27.4. The number of ether oxygens (including phenoxy) is 12. The fourth-order valence-electron chi connectivity index (χ4n) is 20.2. The summed E-state index contributed by atoms with van der Waals surface area (Å²) in [5, 5.41) is 15.3. The van der Waals surface area contributed by atoms with Crippen LogP contribution in [0, 0.1) is 26.6 Å². The lowest BCUT2D eigenvalue weighted by atomic mass is 9.88. The number of nitrogens with zero attached hydrogens (tertiary/aromatic N) is 6. The van der Waals surface area contributed by atoms with E-state index in [1.807, 2.05) is 212 Å². The molecule has 10 heterocycles. The number of nitrogens with one attached hydrogen (secondary N) is 2. The number of anilines is 2. The maximum atomic E-state index is 13.8. The molecule has 28 heteroatoms. The number of ketones is 3. The van der Waals surface area contributed by atoms with Crippen LogP contribution in [0.5, 0.6) is 69.0 Å². The number of methoxy groups -OCH3 is 2. The van der Waals surface area contributed by atoms with Crippen molar-refractivity contribution in [2.24, 2.45) is 0 Å². The molecule has 3 N–H and O–H groups in total. The van der Waals surface area contributed by atoms with Gasteiger partial charge in [-0.3, -0.25) is 43.7 Å². The highest BCUT2D eigenvalue weighted by Gasteiger charge is 2.56. The fourth-order valence-corrected chi connectivity index (χ4v) is 20.2. The van der Waals surface area contributed by atoms with Gasteiger partial charge in [0.2, 0.25) is 45.8 Å². The van der Waals surface area contributed by atoms with Gasteiger partial charge in [0.25, 0.3) is 5.91 Å². The maximum Gasteiger partial charge on any atom is 0.253 e. The number of hydrogen-bond donors (Lipinski definition) is 3. The van der Waals surface area contributed by atoms with Gasteiger partial charge in [-0.2, -0.15) is 0 Å². The summed E-state index contributed by atoms with van der Waals surface area (Å²) < 4.78 is 78.8. The quantitative estimate of drug-likeness (QED) is 0.0430. The highest BCUT2D eigenvalue weighted by atomic mass is 19.1. The van der Waals surface area contributed by atoms with Gasteiger partial charge in [0.15, 0.2) is 57.5 Å². The van der Waals surface area contributed by atoms with Crippen LogP contribution >= 0.6 is 0 Å². The molecule has 10 aliphatic rings. The van der Waals surface area contributed by atoms with Crippen molar-refractivity contribution in [1.82, 2.24) is 29.8 Å². The van der Waals surface area contributed by atoms with Gasteiger partial charge in [0, 0.05) is 102 Å². The SMILES string of the molecule is CN(C)C(=O)c1ccc(-c2cccc(CC(=O)C3(c4ccc5c(c4)OCO5)CC3)n2)cc1.COc1ccc(F)cc1-c1cccc(NC(=O)C2(c3ccc4c(c3)OCO4)CC2)n1.COc1ccccc1-c1ccc(CC(=O)C2(c3ccc4c(c3)OCO4)CC2)nc1.Cc1cc(C)c(-c2cccc(NC(=O)C3(c4ccc5c(c4)OCO5)CC3)n2)c(C)c1.O=C(Cc1ccc(-c2cccc(CO)c2)cn1)C1(c2ccc3c(c2)OCO3)CC1. The molecule has 0 spiro atoms. The van der Waals surface area contributed by atoms with Gasteiger partial charge >= 0.3 is 0 Å². The molecular weight excluding hydrogens is 1900 g/mol. The second-order valence-corrected chi connectivity index (χ2v) is 39.3. The normalized spacial score (nSPS) is 15.6. The zero-order chi connectivity index (χ0) is 104. The third-order valence-electron chi connectivity index (χ3n) is 29.4. The van der Waals surface area contributed by atoms with E-state index in [-0.39, 0.29) is 87.9 Å². The van der Waals surface area contributed by atoms with E-state index in [0.29, 0.717) is 75.8 Å². The third-order valence-corrected chi connectivity index (χ3v) is 29.4. The van der Waals surface area contributed by atoms with E-state index < -0.39 is 27.1 Å². The van der Waals surface area contributed by atoms with Gasteiger partial charge < -0.3 is 77.5 Å². The van der Waals surface area contributed by atoms with E-state index >= 15 is 0 Å². The van der Waals surface area contributed by atoms with E-state index in [1.54, 1.807) is 74.9 Å². The Hall–Kier alpha value is -17.1.